The number of aliphatic hydroxyl groups is 1. The van der Waals surface area contributed by atoms with Crippen LogP contribution in [0.5, 0.6) is 5.75 Å². The van der Waals surface area contributed by atoms with Gasteiger partial charge in [-0.15, -0.1) is 0 Å². The molecule has 0 spiro atoms. The highest BCUT2D eigenvalue weighted by molar-refractivity contribution is 7.70. The fourth-order valence-corrected chi connectivity index (χ4v) is 10.7. The molecule has 8 N–H and O–H groups in total. The maximum absolute atomic E-state index is 13.6. The standard InChI is InChI=1S/C27H42N2O9P2/c1-26-12-10-21-20-9-7-19(30)14-16(20)2-8-22(21)23(26)11-13-27(26,32)25(31)29-18-5-3-17(4-6-18)28-15-24(39(33,34)35)40(36,37)38/h7,9,14,17-18,21-24,28,30,32H,2-6,8,10-13,15H2,1H3,(H,29,31)(H2,33,34,35)(H2,36,37,38)/t17?,18?,21?,22?,23?,26-,27-/m0/s1. The Hall–Kier alpha value is -1.29. The zero-order valence-corrected chi connectivity index (χ0v) is 24.6. The summed E-state index contributed by atoms with van der Waals surface area (Å²) in [6.07, 6.45) is 7.05. The van der Waals surface area contributed by atoms with E-state index >= 15 is 0 Å². The summed E-state index contributed by atoms with van der Waals surface area (Å²) >= 11 is 0. The maximum atomic E-state index is 13.6. The molecule has 11 nitrogen and oxygen atoms in total. The predicted molar refractivity (Wildman–Crippen MR) is 148 cm³/mol. The molecule has 0 aromatic heterocycles. The first kappa shape index (κ1) is 30.2. The normalized spacial score (nSPS) is 36.0. The van der Waals surface area contributed by atoms with E-state index in [4.69, 9.17) is 0 Å². The number of benzene rings is 1. The van der Waals surface area contributed by atoms with Crippen molar-refractivity contribution in [2.75, 3.05) is 6.54 Å². The zero-order chi connectivity index (χ0) is 29.1. The molecule has 4 aliphatic rings. The first-order valence-electron chi connectivity index (χ1n) is 14.3. The van der Waals surface area contributed by atoms with E-state index in [2.05, 4.69) is 17.6 Å². The van der Waals surface area contributed by atoms with Crippen LogP contribution in [0.15, 0.2) is 18.2 Å². The molecule has 1 aromatic rings. The molecule has 0 bridgehead atoms. The number of carbonyl (C=O) groups excluding carboxylic acids is 1. The Bertz CT molecular complexity index is 1200. The summed E-state index contributed by atoms with van der Waals surface area (Å²) in [4.78, 5) is 51.0. The molecule has 4 aliphatic carbocycles. The van der Waals surface area contributed by atoms with Crippen LogP contribution in [0.25, 0.3) is 0 Å². The molecule has 5 rings (SSSR count). The van der Waals surface area contributed by atoms with E-state index in [1.54, 1.807) is 6.07 Å². The number of amides is 1. The van der Waals surface area contributed by atoms with Gasteiger partial charge in [0, 0.05) is 24.0 Å². The first-order valence-corrected chi connectivity index (χ1v) is 17.7. The first-order chi connectivity index (χ1) is 18.6. The van der Waals surface area contributed by atoms with Crippen molar-refractivity contribution in [3.05, 3.63) is 29.3 Å². The van der Waals surface area contributed by atoms with Crippen LogP contribution in [0.2, 0.25) is 0 Å². The van der Waals surface area contributed by atoms with Gasteiger partial charge in [-0.05, 0) is 105 Å². The summed E-state index contributed by atoms with van der Waals surface area (Å²) in [5.74, 6) is 0.980. The second kappa shape index (κ2) is 10.8. The highest BCUT2D eigenvalue weighted by atomic mass is 31.2. The van der Waals surface area contributed by atoms with Gasteiger partial charge in [-0.25, -0.2) is 0 Å². The van der Waals surface area contributed by atoms with Crippen molar-refractivity contribution in [2.24, 2.45) is 17.3 Å². The van der Waals surface area contributed by atoms with Crippen LogP contribution in [-0.2, 0) is 20.3 Å². The van der Waals surface area contributed by atoms with E-state index < -0.39 is 38.2 Å². The average Bonchev–Trinajstić information content (AvgIpc) is 3.15. The van der Waals surface area contributed by atoms with Crippen molar-refractivity contribution < 1.29 is 43.7 Å². The quantitative estimate of drug-likeness (QED) is 0.216. The molecule has 0 saturated heterocycles. The third-order valence-electron chi connectivity index (χ3n) is 10.7. The Labute approximate surface area is 234 Å². The summed E-state index contributed by atoms with van der Waals surface area (Å²) in [5.41, 5.74) is 0.535. The van der Waals surface area contributed by atoms with Gasteiger partial charge in [0.15, 0.2) is 5.40 Å². The molecule has 0 heterocycles. The number of phenols is 1. The van der Waals surface area contributed by atoms with E-state index in [0.717, 1.165) is 32.1 Å². The lowest BCUT2D eigenvalue weighted by molar-refractivity contribution is -0.160. The highest BCUT2D eigenvalue weighted by Gasteiger charge is 2.64. The van der Waals surface area contributed by atoms with Crippen LogP contribution in [-0.4, -0.2) is 65.3 Å². The molecule has 224 valence electrons. The molecular formula is C27H42N2O9P2. The second-order valence-electron chi connectivity index (χ2n) is 12.7. The van der Waals surface area contributed by atoms with Gasteiger partial charge in [0.1, 0.15) is 11.4 Å². The summed E-state index contributed by atoms with van der Waals surface area (Å²) in [6.45, 7) is 1.58. The van der Waals surface area contributed by atoms with Gasteiger partial charge < -0.3 is 40.4 Å². The van der Waals surface area contributed by atoms with Crippen molar-refractivity contribution >= 4 is 21.1 Å². The highest BCUT2D eigenvalue weighted by Crippen LogP contribution is 2.64. The Morgan fingerprint density at radius 2 is 1.62 bits per heavy atom. The minimum absolute atomic E-state index is 0.151. The van der Waals surface area contributed by atoms with Crippen molar-refractivity contribution in [3.8, 4) is 5.75 Å². The Morgan fingerprint density at radius 3 is 2.27 bits per heavy atom. The Morgan fingerprint density at radius 1 is 0.975 bits per heavy atom. The number of hydrogen-bond acceptors (Lipinski definition) is 6. The van der Waals surface area contributed by atoms with Crippen LogP contribution in [0.1, 0.15) is 81.8 Å². The molecule has 0 radical (unpaired) electrons. The Balaban J connectivity index is 1.18. The van der Waals surface area contributed by atoms with Gasteiger partial charge >= 0.3 is 15.2 Å². The third kappa shape index (κ3) is 5.45. The number of phenolic OH excluding ortho intramolecular Hbond substituents is 1. The smallest absolute Gasteiger partial charge is 0.342 e. The number of aromatic hydroxyl groups is 1. The fraction of sp³-hybridized carbons (Fsp3) is 0.741. The number of rotatable bonds is 7. The van der Waals surface area contributed by atoms with Crippen molar-refractivity contribution in [3.63, 3.8) is 0 Å². The summed E-state index contributed by atoms with van der Waals surface area (Å²) in [5, 5.41) is 25.7. The number of hydrogen-bond donors (Lipinski definition) is 8. The monoisotopic (exact) mass is 600 g/mol. The van der Waals surface area contributed by atoms with E-state index in [1.807, 2.05) is 12.1 Å². The molecule has 40 heavy (non-hydrogen) atoms. The van der Waals surface area contributed by atoms with Gasteiger partial charge in [0.25, 0.3) is 5.91 Å². The van der Waals surface area contributed by atoms with Crippen LogP contribution in [0.3, 0.4) is 0 Å². The summed E-state index contributed by atoms with van der Waals surface area (Å²) < 4.78 is 23.1. The van der Waals surface area contributed by atoms with Crippen molar-refractivity contribution in [2.45, 2.75) is 100 Å². The summed E-state index contributed by atoms with van der Waals surface area (Å²) in [7, 11) is -9.96. The fourth-order valence-electron chi connectivity index (χ4n) is 8.41. The summed E-state index contributed by atoms with van der Waals surface area (Å²) in [6, 6.07) is 5.34. The van der Waals surface area contributed by atoms with E-state index in [1.165, 1.54) is 11.1 Å². The predicted octanol–water partition coefficient (Wildman–Crippen LogP) is 2.68. The number of fused-ring (bicyclic) bond motifs is 5. The molecule has 0 aliphatic heterocycles. The van der Waals surface area contributed by atoms with Crippen LogP contribution in [0, 0.1) is 17.3 Å². The van der Waals surface area contributed by atoms with E-state index in [9.17, 15) is 43.7 Å². The van der Waals surface area contributed by atoms with E-state index in [0.29, 0.717) is 49.7 Å². The molecule has 3 unspecified atom stereocenters. The van der Waals surface area contributed by atoms with Crippen molar-refractivity contribution in [1.29, 1.82) is 0 Å². The van der Waals surface area contributed by atoms with Gasteiger partial charge in [-0.2, -0.15) is 0 Å². The van der Waals surface area contributed by atoms with Gasteiger partial charge in [0.05, 0.1) is 0 Å². The topological polar surface area (TPSA) is 197 Å². The number of nitrogens with one attached hydrogen (secondary N) is 2. The molecule has 1 aromatic carbocycles. The average molecular weight is 601 g/mol. The van der Waals surface area contributed by atoms with Crippen LogP contribution < -0.4 is 10.6 Å². The van der Waals surface area contributed by atoms with Gasteiger partial charge in [-0.3, -0.25) is 13.9 Å². The lowest BCUT2D eigenvalue weighted by Gasteiger charge is -2.52. The molecule has 3 fully saturated rings. The minimum atomic E-state index is -4.98. The lowest BCUT2D eigenvalue weighted by atomic mass is 9.53. The Kier molecular flexibility index (Phi) is 8.12. The van der Waals surface area contributed by atoms with Gasteiger partial charge in [0.2, 0.25) is 0 Å². The number of carbonyl (C=O) groups is 1. The molecule has 13 heteroatoms. The molecule has 3 saturated carbocycles. The number of aryl methyl sites for hydroxylation is 1. The third-order valence-corrected chi connectivity index (χ3v) is 14.4. The zero-order valence-electron chi connectivity index (χ0n) is 22.8. The van der Waals surface area contributed by atoms with E-state index in [-0.39, 0.29) is 23.9 Å². The molecule has 5 atom stereocenters. The minimum Gasteiger partial charge on any atom is -0.508 e. The maximum Gasteiger partial charge on any atom is 0.342 e. The molecular weight excluding hydrogens is 558 g/mol. The SMILES string of the molecule is C[C@]12CCC3c4ccc(O)cc4CCC3C1CC[C@]2(O)C(=O)NC1CCC(NCC(P(=O)(O)O)P(=O)(O)O)CC1. The second-order valence-corrected chi connectivity index (χ2v) is 16.8. The lowest BCUT2D eigenvalue weighted by Crippen LogP contribution is -2.60. The van der Waals surface area contributed by atoms with Crippen LogP contribution in [0.4, 0.5) is 0 Å². The van der Waals surface area contributed by atoms with Crippen molar-refractivity contribution in [1.82, 2.24) is 10.6 Å². The molecule has 1 amide bonds. The van der Waals surface area contributed by atoms with Gasteiger partial charge in [-0.1, -0.05) is 13.0 Å². The largest absolute Gasteiger partial charge is 0.508 e. The van der Waals surface area contributed by atoms with Crippen LogP contribution >= 0.6 is 15.2 Å².